The number of nitrogens with zero attached hydrogens (tertiary/aromatic N) is 1. The zero-order valence-electron chi connectivity index (χ0n) is 5.05. The molecule has 0 aliphatic heterocycles. The molecule has 0 saturated heterocycles. The van der Waals surface area contributed by atoms with Gasteiger partial charge in [-0.25, -0.2) is 4.99 Å². The van der Waals surface area contributed by atoms with Crippen molar-refractivity contribution in [1.29, 1.82) is 0 Å². The number of aliphatic imine (C=N–C) groups is 1. The Morgan fingerprint density at radius 3 is 2.88 bits per heavy atom. The molecule has 0 atom stereocenters. The fourth-order valence-electron chi connectivity index (χ4n) is 0.305. The molecule has 0 aromatic rings. The van der Waals surface area contributed by atoms with Crippen molar-refractivity contribution in [1.82, 2.24) is 0 Å². The number of amides is 1. The quantitative estimate of drug-likeness (QED) is 0.484. The third kappa shape index (κ3) is 3.49. The number of methoxy groups -OCH3 is 1. The van der Waals surface area contributed by atoms with Crippen molar-refractivity contribution in [2.45, 2.75) is 6.92 Å². The van der Waals surface area contributed by atoms with E-state index in [0.717, 1.165) is 0 Å². The first-order chi connectivity index (χ1) is 3.81. The van der Waals surface area contributed by atoms with E-state index in [4.69, 9.17) is 0 Å². The summed E-state index contributed by atoms with van der Waals surface area (Å²) in [7, 11) is 1.46. The summed E-state index contributed by atoms with van der Waals surface area (Å²) in [6.45, 7) is 1.76. The number of carbonyl (C=O) groups excluding carboxylic acids is 1. The molecule has 0 radical (unpaired) electrons. The lowest BCUT2D eigenvalue weighted by atomic mass is 10.7. The summed E-state index contributed by atoms with van der Waals surface area (Å²) in [6.07, 6.45) is 1.45. The summed E-state index contributed by atoms with van der Waals surface area (Å²) >= 11 is 0. The highest BCUT2D eigenvalue weighted by Gasteiger charge is 1.90. The Bertz CT molecular complexity index is 98.6. The van der Waals surface area contributed by atoms with Gasteiger partial charge in [-0.1, -0.05) is 0 Å². The van der Waals surface area contributed by atoms with Crippen molar-refractivity contribution in [3.8, 4) is 0 Å². The molecule has 8 heavy (non-hydrogen) atoms. The Morgan fingerprint density at radius 1 is 1.88 bits per heavy atom. The van der Waals surface area contributed by atoms with Gasteiger partial charge in [-0.05, 0) is 6.92 Å². The van der Waals surface area contributed by atoms with Crippen molar-refractivity contribution in [2.75, 3.05) is 13.7 Å². The monoisotopic (exact) mass is 115 g/mol. The fourth-order valence-corrected chi connectivity index (χ4v) is 0.305. The first-order valence-corrected chi connectivity index (χ1v) is 2.31. The van der Waals surface area contributed by atoms with Crippen molar-refractivity contribution in [3.63, 3.8) is 0 Å². The lowest BCUT2D eigenvalue weighted by Gasteiger charge is -1.87. The van der Waals surface area contributed by atoms with Gasteiger partial charge in [-0.2, -0.15) is 0 Å². The van der Waals surface area contributed by atoms with E-state index in [0.29, 0.717) is 0 Å². The highest BCUT2D eigenvalue weighted by atomic mass is 16.5. The van der Waals surface area contributed by atoms with Gasteiger partial charge < -0.3 is 4.74 Å². The Balaban J connectivity index is 3.33. The second-order valence-electron chi connectivity index (χ2n) is 1.21. The minimum absolute atomic E-state index is 0.0737. The van der Waals surface area contributed by atoms with Crippen molar-refractivity contribution in [3.05, 3.63) is 0 Å². The number of ether oxygens (including phenoxy) is 1. The summed E-state index contributed by atoms with van der Waals surface area (Å²) in [5, 5.41) is 0. The van der Waals surface area contributed by atoms with Crippen LogP contribution in [0.2, 0.25) is 0 Å². The zero-order chi connectivity index (χ0) is 6.41. The molecule has 0 aliphatic carbocycles. The predicted octanol–water partition coefficient (Wildman–Crippen LogP) is 0.250. The second kappa shape index (κ2) is 4.46. The Kier molecular flexibility index (Phi) is 4.07. The average molecular weight is 115 g/mol. The minimum Gasteiger partial charge on any atom is -0.375 e. The van der Waals surface area contributed by atoms with Crippen LogP contribution in [0.4, 0.5) is 0 Å². The van der Waals surface area contributed by atoms with Crippen LogP contribution in [0.3, 0.4) is 0 Å². The molecule has 1 amide bonds. The first-order valence-electron chi connectivity index (χ1n) is 2.31. The highest BCUT2D eigenvalue weighted by Crippen LogP contribution is 1.73. The van der Waals surface area contributed by atoms with E-state index >= 15 is 0 Å². The van der Waals surface area contributed by atoms with Crippen LogP contribution in [0.15, 0.2) is 4.99 Å². The van der Waals surface area contributed by atoms with Gasteiger partial charge in [0.1, 0.15) is 6.61 Å². The normalized spacial score (nSPS) is 10.2. The molecule has 46 valence electrons. The van der Waals surface area contributed by atoms with Crippen LogP contribution in [0.5, 0.6) is 0 Å². The van der Waals surface area contributed by atoms with Gasteiger partial charge in [-0.15, -0.1) is 0 Å². The number of hydrogen-bond donors (Lipinski definition) is 0. The van der Waals surface area contributed by atoms with E-state index in [2.05, 4.69) is 9.73 Å². The second-order valence-corrected chi connectivity index (χ2v) is 1.21. The topological polar surface area (TPSA) is 38.7 Å². The molecule has 0 aromatic carbocycles. The Hall–Kier alpha value is -0.700. The molecule has 0 heterocycles. The molecule has 3 nitrogen and oxygen atoms in total. The maximum absolute atomic E-state index is 10.3. The summed E-state index contributed by atoms with van der Waals surface area (Å²) in [5.74, 6) is -0.241. The molecule has 0 aliphatic rings. The van der Waals surface area contributed by atoms with Crippen LogP contribution in [-0.4, -0.2) is 25.8 Å². The molecule has 0 bridgehead atoms. The fraction of sp³-hybridized carbons (Fsp3) is 0.600. The third-order valence-electron chi connectivity index (χ3n) is 0.541. The van der Waals surface area contributed by atoms with E-state index in [1.54, 1.807) is 6.92 Å². The van der Waals surface area contributed by atoms with Gasteiger partial charge in [0.05, 0.1) is 0 Å². The summed E-state index contributed by atoms with van der Waals surface area (Å²) in [6, 6.07) is 0. The number of rotatable bonds is 2. The Labute approximate surface area is 48.4 Å². The van der Waals surface area contributed by atoms with Gasteiger partial charge in [0, 0.05) is 13.3 Å². The van der Waals surface area contributed by atoms with Crippen molar-refractivity contribution >= 4 is 12.1 Å². The molecule has 0 fully saturated rings. The summed E-state index contributed by atoms with van der Waals surface area (Å²) < 4.78 is 4.49. The SMILES string of the molecule is CC=NC(=O)COC. The van der Waals surface area contributed by atoms with Crippen molar-refractivity contribution in [2.24, 2.45) is 4.99 Å². The van der Waals surface area contributed by atoms with E-state index in [1.807, 2.05) is 0 Å². The van der Waals surface area contributed by atoms with Crippen LogP contribution in [0, 0.1) is 0 Å². The standard InChI is InChI=1S/C5H9NO2/c1-3-6-5(7)4-8-2/h3H,4H2,1-2H3. The molecule has 0 N–H and O–H groups in total. The smallest absolute Gasteiger partial charge is 0.271 e. The van der Waals surface area contributed by atoms with Crippen LogP contribution in [0.1, 0.15) is 6.92 Å². The highest BCUT2D eigenvalue weighted by molar-refractivity contribution is 5.85. The molecule has 0 rings (SSSR count). The first kappa shape index (κ1) is 7.30. The van der Waals surface area contributed by atoms with Gasteiger partial charge in [0.25, 0.3) is 5.91 Å². The maximum Gasteiger partial charge on any atom is 0.271 e. The largest absolute Gasteiger partial charge is 0.375 e. The van der Waals surface area contributed by atoms with Gasteiger partial charge >= 0.3 is 0 Å². The Morgan fingerprint density at radius 2 is 2.50 bits per heavy atom. The van der Waals surface area contributed by atoms with E-state index in [1.165, 1.54) is 13.3 Å². The predicted molar refractivity (Wildman–Crippen MR) is 31.0 cm³/mol. The van der Waals surface area contributed by atoms with Crippen LogP contribution < -0.4 is 0 Å². The average Bonchev–Trinajstić information content (AvgIpc) is 1.68. The van der Waals surface area contributed by atoms with E-state index < -0.39 is 0 Å². The third-order valence-corrected chi connectivity index (χ3v) is 0.541. The van der Waals surface area contributed by atoms with Crippen molar-refractivity contribution < 1.29 is 9.53 Å². The van der Waals surface area contributed by atoms with Crippen LogP contribution in [0.25, 0.3) is 0 Å². The van der Waals surface area contributed by atoms with E-state index in [-0.39, 0.29) is 12.5 Å². The molecule has 0 aromatic heterocycles. The minimum atomic E-state index is -0.241. The molecular formula is C5H9NO2. The molecule has 0 unspecified atom stereocenters. The van der Waals surface area contributed by atoms with Crippen LogP contribution in [-0.2, 0) is 9.53 Å². The van der Waals surface area contributed by atoms with Gasteiger partial charge in [0.2, 0.25) is 0 Å². The molecule has 3 heteroatoms. The van der Waals surface area contributed by atoms with Gasteiger partial charge in [-0.3, -0.25) is 4.79 Å². The van der Waals surface area contributed by atoms with E-state index in [9.17, 15) is 4.79 Å². The molecule has 0 spiro atoms. The molecular weight excluding hydrogens is 106 g/mol. The van der Waals surface area contributed by atoms with Gasteiger partial charge in [0.15, 0.2) is 0 Å². The molecule has 0 saturated carbocycles. The summed E-state index contributed by atoms with van der Waals surface area (Å²) in [5.41, 5.74) is 0. The number of hydrogen-bond acceptors (Lipinski definition) is 2. The maximum atomic E-state index is 10.3. The number of carbonyl (C=O) groups is 1. The zero-order valence-corrected chi connectivity index (χ0v) is 5.05. The van der Waals surface area contributed by atoms with Crippen LogP contribution >= 0.6 is 0 Å². The summed E-state index contributed by atoms with van der Waals surface area (Å²) in [4.78, 5) is 13.7. The lowest BCUT2D eigenvalue weighted by Crippen LogP contribution is -2.01. The lowest BCUT2D eigenvalue weighted by molar-refractivity contribution is -0.121.